The maximum atomic E-state index is 12.8. The van der Waals surface area contributed by atoms with E-state index >= 15 is 0 Å². The van der Waals surface area contributed by atoms with E-state index in [0.29, 0.717) is 23.0 Å². The summed E-state index contributed by atoms with van der Waals surface area (Å²) in [6.07, 6.45) is 3.08. The van der Waals surface area contributed by atoms with Gasteiger partial charge in [0.05, 0.1) is 14.2 Å². The fraction of sp³-hybridized carbons (Fsp3) is 0.409. The van der Waals surface area contributed by atoms with E-state index in [0.717, 1.165) is 32.4 Å². The number of methoxy groups -OCH3 is 2. The average Bonchev–Trinajstić information content (AvgIpc) is 2.73. The molecule has 2 aromatic carbocycles. The minimum Gasteiger partial charge on any atom is -0.493 e. The highest BCUT2D eigenvalue weighted by molar-refractivity contribution is 5.95. The van der Waals surface area contributed by atoms with E-state index in [1.165, 1.54) is 11.1 Å². The molecule has 1 aliphatic heterocycles. The molecule has 1 amide bonds. The molecule has 3 rings (SSSR count). The van der Waals surface area contributed by atoms with Crippen molar-refractivity contribution in [3.63, 3.8) is 0 Å². The second kappa shape index (κ2) is 8.26. The zero-order chi connectivity index (χ0) is 18.5. The molecule has 0 atom stereocenters. The average molecular weight is 353 g/mol. The lowest BCUT2D eigenvalue weighted by atomic mass is 9.88. The number of hydrogen-bond donors (Lipinski definition) is 0. The zero-order valence-electron chi connectivity index (χ0n) is 15.8. The molecule has 4 nitrogen and oxygen atoms in total. The van der Waals surface area contributed by atoms with Gasteiger partial charge in [-0.15, -0.1) is 0 Å². The molecule has 0 unspecified atom stereocenters. The summed E-state index contributed by atoms with van der Waals surface area (Å²) in [4.78, 5) is 14.8. The van der Waals surface area contributed by atoms with Gasteiger partial charge in [-0.1, -0.05) is 31.2 Å². The van der Waals surface area contributed by atoms with Crippen LogP contribution in [-0.2, 0) is 6.42 Å². The first-order chi connectivity index (χ1) is 12.7. The molecule has 0 saturated carbocycles. The van der Waals surface area contributed by atoms with E-state index in [4.69, 9.17) is 9.47 Å². The van der Waals surface area contributed by atoms with Crippen molar-refractivity contribution >= 4 is 5.91 Å². The van der Waals surface area contributed by atoms with Gasteiger partial charge in [0.25, 0.3) is 5.91 Å². The van der Waals surface area contributed by atoms with Crippen molar-refractivity contribution in [3.8, 4) is 11.5 Å². The molecular formula is C22H27NO3. The number of rotatable bonds is 5. The summed E-state index contributed by atoms with van der Waals surface area (Å²) in [5, 5.41) is 0. The van der Waals surface area contributed by atoms with Crippen LogP contribution < -0.4 is 9.47 Å². The number of hydrogen-bond acceptors (Lipinski definition) is 3. The van der Waals surface area contributed by atoms with Gasteiger partial charge in [-0.3, -0.25) is 4.79 Å². The Kier molecular flexibility index (Phi) is 5.82. The highest BCUT2D eigenvalue weighted by Crippen LogP contribution is 2.31. The fourth-order valence-corrected chi connectivity index (χ4v) is 3.59. The predicted octanol–water partition coefficient (Wildman–Crippen LogP) is 4.29. The summed E-state index contributed by atoms with van der Waals surface area (Å²) in [7, 11) is 3.18. The monoisotopic (exact) mass is 353 g/mol. The molecule has 4 heteroatoms. The van der Waals surface area contributed by atoms with Crippen molar-refractivity contribution in [3.05, 3.63) is 59.2 Å². The Hall–Kier alpha value is -2.49. The van der Waals surface area contributed by atoms with Crippen molar-refractivity contribution in [1.82, 2.24) is 4.90 Å². The lowest BCUT2D eigenvalue weighted by Crippen LogP contribution is -2.37. The van der Waals surface area contributed by atoms with Crippen LogP contribution in [0.1, 0.15) is 47.2 Å². The van der Waals surface area contributed by atoms with E-state index in [9.17, 15) is 4.79 Å². The van der Waals surface area contributed by atoms with Gasteiger partial charge < -0.3 is 14.4 Å². The fourth-order valence-electron chi connectivity index (χ4n) is 3.59. The van der Waals surface area contributed by atoms with Gasteiger partial charge in [0, 0.05) is 18.7 Å². The molecule has 0 bridgehead atoms. The zero-order valence-corrected chi connectivity index (χ0v) is 15.8. The topological polar surface area (TPSA) is 38.8 Å². The Morgan fingerprint density at radius 3 is 2.23 bits per heavy atom. The summed E-state index contributed by atoms with van der Waals surface area (Å²) >= 11 is 0. The molecule has 1 heterocycles. The molecule has 0 N–H and O–H groups in total. The van der Waals surface area contributed by atoms with Crippen LogP contribution in [0.15, 0.2) is 42.5 Å². The summed E-state index contributed by atoms with van der Waals surface area (Å²) in [5.74, 6) is 1.82. The van der Waals surface area contributed by atoms with Crippen LogP contribution in [0, 0.1) is 0 Å². The lowest BCUT2D eigenvalue weighted by molar-refractivity contribution is 0.0712. The van der Waals surface area contributed by atoms with Crippen molar-refractivity contribution in [2.45, 2.75) is 32.1 Å². The number of benzene rings is 2. The summed E-state index contributed by atoms with van der Waals surface area (Å²) in [5.41, 5.74) is 3.41. The molecular weight excluding hydrogens is 326 g/mol. The molecule has 1 aliphatic rings. The van der Waals surface area contributed by atoms with Crippen LogP contribution in [0.25, 0.3) is 0 Å². The first-order valence-electron chi connectivity index (χ1n) is 9.26. The van der Waals surface area contributed by atoms with Crippen LogP contribution in [0.2, 0.25) is 0 Å². The molecule has 2 aromatic rings. The maximum absolute atomic E-state index is 12.8. The third-order valence-corrected chi connectivity index (χ3v) is 5.27. The standard InChI is InChI=1S/C22H27NO3/c1-4-16-5-7-17(8-6-16)18-11-13-23(14-12-18)22(24)19-9-10-20(25-2)21(15-19)26-3/h5-10,15,18H,4,11-14H2,1-3H3. The van der Waals surface area contributed by atoms with E-state index in [1.807, 2.05) is 4.90 Å². The van der Waals surface area contributed by atoms with Gasteiger partial charge >= 0.3 is 0 Å². The molecule has 1 fully saturated rings. The van der Waals surface area contributed by atoms with Crippen molar-refractivity contribution < 1.29 is 14.3 Å². The third kappa shape index (κ3) is 3.85. The second-order valence-electron chi connectivity index (χ2n) is 6.73. The third-order valence-electron chi connectivity index (χ3n) is 5.27. The summed E-state index contributed by atoms with van der Waals surface area (Å²) in [6, 6.07) is 14.3. The lowest BCUT2D eigenvalue weighted by Gasteiger charge is -2.32. The van der Waals surface area contributed by atoms with E-state index in [2.05, 4.69) is 31.2 Å². The summed E-state index contributed by atoms with van der Waals surface area (Å²) in [6.45, 7) is 3.74. The molecule has 0 aliphatic carbocycles. The van der Waals surface area contributed by atoms with Crippen molar-refractivity contribution in [1.29, 1.82) is 0 Å². The minimum absolute atomic E-state index is 0.0609. The second-order valence-corrected chi connectivity index (χ2v) is 6.73. The molecule has 0 aromatic heterocycles. The Morgan fingerprint density at radius 1 is 1.00 bits per heavy atom. The maximum Gasteiger partial charge on any atom is 0.253 e. The highest BCUT2D eigenvalue weighted by atomic mass is 16.5. The smallest absolute Gasteiger partial charge is 0.253 e. The van der Waals surface area contributed by atoms with Gasteiger partial charge in [0.15, 0.2) is 11.5 Å². The van der Waals surface area contributed by atoms with Crippen molar-refractivity contribution in [2.24, 2.45) is 0 Å². The first-order valence-corrected chi connectivity index (χ1v) is 9.26. The number of carbonyl (C=O) groups is 1. The molecule has 138 valence electrons. The number of carbonyl (C=O) groups excluding carboxylic acids is 1. The molecule has 26 heavy (non-hydrogen) atoms. The Balaban J connectivity index is 1.64. The number of piperidine rings is 1. The molecule has 0 radical (unpaired) electrons. The number of aryl methyl sites for hydroxylation is 1. The van der Waals surface area contributed by atoms with Crippen LogP contribution in [-0.4, -0.2) is 38.1 Å². The van der Waals surface area contributed by atoms with Crippen LogP contribution >= 0.6 is 0 Å². The number of nitrogens with zero attached hydrogens (tertiary/aromatic N) is 1. The molecule has 1 saturated heterocycles. The summed E-state index contributed by atoms with van der Waals surface area (Å²) < 4.78 is 10.6. The largest absolute Gasteiger partial charge is 0.493 e. The van der Waals surface area contributed by atoms with E-state index in [1.54, 1.807) is 32.4 Å². The van der Waals surface area contributed by atoms with Gasteiger partial charge in [-0.05, 0) is 54.5 Å². The molecule has 0 spiro atoms. The van der Waals surface area contributed by atoms with Gasteiger partial charge in [-0.25, -0.2) is 0 Å². The quantitative estimate of drug-likeness (QED) is 0.805. The minimum atomic E-state index is 0.0609. The Morgan fingerprint density at radius 2 is 1.65 bits per heavy atom. The van der Waals surface area contributed by atoms with Gasteiger partial charge in [0.2, 0.25) is 0 Å². The van der Waals surface area contributed by atoms with E-state index < -0.39 is 0 Å². The number of ether oxygens (including phenoxy) is 2. The van der Waals surface area contributed by atoms with Crippen LogP contribution in [0.4, 0.5) is 0 Å². The van der Waals surface area contributed by atoms with Gasteiger partial charge in [0.1, 0.15) is 0 Å². The Labute approximate surface area is 155 Å². The van der Waals surface area contributed by atoms with Gasteiger partial charge in [-0.2, -0.15) is 0 Å². The van der Waals surface area contributed by atoms with E-state index in [-0.39, 0.29) is 5.91 Å². The Bertz CT molecular complexity index is 746. The highest BCUT2D eigenvalue weighted by Gasteiger charge is 2.25. The number of amides is 1. The first kappa shape index (κ1) is 18.3. The number of likely N-dealkylation sites (tertiary alicyclic amines) is 1. The predicted molar refractivity (Wildman–Crippen MR) is 103 cm³/mol. The normalized spacial score (nSPS) is 15.0. The van der Waals surface area contributed by atoms with Crippen LogP contribution in [0.5, 0.6) is 11.5 Å². The van der Waals surface area contributed by atoms with Crippen molar-refractivity contribution in [2.75, 3.05) is 27.3 Å². The van der Waals surface area contributed by atoms with Crippen LogP contribution in [0.3, 0.4) is 0 Å². The SMILES string of the molecule is CCc1ccc(C2CCN(C(=O)c3ccc(OC)c(OC)c3)CC2)cc1.